The second-order valence-electron chi connectivity index (χ2n) is 8.62. The fourth-order valence-electron chi connectivity index (χ4n) is 3.88. The van der Waals surface area contributed by atoms with E-state index in [9.17, 15) is 14.4 Å². The van der Waals surface area contributed by atoms with Gasteiger partial charge in [0.2, 0.25) is 0 Å². The van der Waals surface area contributed by atoms with Gasteiger partial charge in [-0.3, -0.25) is 9.59 Å². The maximum atomic E-state index is 12.2. The fraction of sp³-hybridized carbons (Fsp3) is 0.375. The van der Waals surface area contributed by atoms with Gasteiger partial charge in [-0.1, -0.05) is 81.4 Å². The maximum absolute atomic E-state index is 12.2. The van der Waals surface area contributed by atoms with E-state index >= 15 is 0 Å². The van der Waals surface area contributed by atoms with Gasteiger partial charge in [0.1, 0.15) is 12.2 Å². The molecule has 0 saturated heterocycles. The second kappa shape index (κ2) is 11.1. The summed E-state index contributed by atoms with van der Waals surface area (Å²) < 4.78 is 11.4. The molecule has 2 N–H and O–H groups in total. The lowest BCUT2D eigenvalue weighted by Crippen LogP contribution is -2.67. The van der Waals surface area contributed by atoms with Crippen LogP contribution in [0.2, 0.25) is 5.04 Å². The molecular weight excluding hydrogens is 426 g/mol. The maximum Gasteiger partial charge on any atom is 0.407 e. The van der Waals surface area contributed by atoms with Gasteiger partial charge in [-0.05, 0) is 15.4 Å². The molecule has 0 aromatic heterocycles. The Hall–Kier alpha value is -2.97. The molecule has 32 heavy (non-hydrogen) atoms. The first-order valence-electron chi connectivity index (χ1n) is 10.4. The molecule has 0 bridgehead atoms. The molecule has 7 nitrogen and oxygen atoms in total. The molecule has 0 unspecified atom stereocenters. The first-order valence-corrected chi connectivity index (χ1v) is 12.3. The lowest BCUT2D eigenvalue weighted by molar-refractivity contribution is -0.140. The molecule has 0 aliphatic rings. The van der Waals surface area contributed by atoms with Crippen molar-refractivity contribution in [2.24, 2.45) is 0 Å². The van der Waals surface area contributed by atoms with Crippen LogP contribution in [0.4, 0.5) is 4.79 Å². The Labute approximate surface area is 189 Å². The summed E-state index contributed by atoms with van der Waals surface area (Å²) in [5.41, 5.74) is 0. The Kier molecular flexibility index (Phi) is 8.74. The van der Waals surface area contributed by atoms with Crippen LogP contribution in [0, 0.1) is 0 Å². The van der Waals surface area contributed by atoms with Crippen molar-refractivity contribution in [1.29, 1.82) is 0 Å². The molecule has 2 aromatic rings. The standard InChI is InChI=1S/C24H31NO6Si/c1-24(2,3)32(20-11-7-5-8-12-20,21-13-9-6-10-14-21)31-17-18(25-23(29)30-4)15-19(26)16-22(27)28/h5-14,18H,15-17H2,1-4H3,(H,25,29)(H,27,28)/t18-/m0/s1. The summed E-state index contributed by atoms with van der Waals surface area (Å²) in [6.45, 7) is 6.40. The number of hydrogen-bond donors (Lipinski definition) is 2. The van der Waals surface area contributed by atoms with E-state index in [1.165, 1.54) is 7.11 Å². The summed E-state index contributed by atoms with van der Waals surface area (Å²) in [6, 6.07) is 19.2. The van der Waals surface area contributed by atoms with E-state index in [1.807, 2.05) is 60.7 Å². The molecule has 0 aliphatic carbocycles. The van der Waals surface area contributed by atoms with E-state index in [0.717, 1.165) is 10.4 Å². The van der Waals surface area contributed by atoms with Crippen molar-refractivity contribution < 1.29 is 28.7 Å². The number of aliphatic carboxylic acids is 1. The van der Waals surface area contributed by atoms with Gasteiger partial charge in [0.05, 0.1) is 19.8 Å². The minimum atomic E-state index is -2.88. The van der Waals surface area contributed by atoms with E-state index in [1.54, 1.807) is 0 Å². The highest BCUT2D eigenvalue weighted by Crippen LogP contribution is 2.36. The number of hydrogen-bond acceptors (Lipinski definition) is 5. The molecule has 0 aliphatic heterocycles. The molecule has 0 spiro atoms. The van der Waals surface area contributed by atoms with Crippen LogP contribution in [-0.4, -0.2) is 51.0 Å². The van der Waals surface area contributed by atoms with E-state index in [4.69, 9.17) is 9.53 Å². The van der Waals surface area contributed by atoms with E-state index in [2.05, 4.69) is 30.8 Å². The number of carbonyl (C=O) groups is 3. The monoisotopic (exact) mass is 457 g/mol. The van der Waals surface area contributed by atoms with Crippen LogP contribution in [0.1, 0.15) is 33.6 Å². The molecule has 2 rings (SSSR count). The Morgan fingerprint density at radius 3 is 1.88 bits per heavy atom. The lowest BCUT2D eigenvalue weighted by atomic mass is 10.1. The molecule has 0 radical (unpaired) electrons. The minimum absolute atomic E-state index is 0.0355. The first-order chi connectivity index (χ1) is 15.1. The number of alkyl carbamates (subject to hydrolysis) is 1. The zero-order valence-corrected chi connectivity index (χ0v) is 20.0. The molecule has 0 heterocycles. The second-order valence-corrected chi connectivity index (χ2v) is 12.9. The predicted molar refractivity (Wildman–Crippen MR) is 125 cm³/mol. The Bertz CT molecular complexity index is 872. The number of carbonyl (C=O) groups excluding carboxylic acids is 2. The van der Waals surface area contributed by atoms with Crippen LogP contribution in [0.3, 0.4) is 0 Å². The number of carboxylic acids is 1. The molecular formula is C24H31NO6Si. The van der Waals surface area contributed by atoms with Crippen molar-refractivity contribution in [3.63, 3.8) is 0 Å². The summed E-state index contributed by atoms with van der Waals surface area (Å²) in [5.74, 6) is -1.70. The first kappa shape index (κ1) is 25.3. The van der Waals surface area contributed by atoms with Gasteiger partial charge in [-0.15, -0.1) is 0 Å². The molecule has 172 valence electrons. The highest BCUT2D eigenvalue weighted by Gasteiger charge is 2.50. The largest absolute Gasteiger partial charge is 0.481 e. The molecule has 0 saturated carbocycles. The van der Waals surface area contributed by atoms with E-state index in [-0.39, 0.29) is 18.1 Å². The Balaban J connectivity index is 2.45. The van der Waals surface area contributed by atoms with E-state index in [0.29, 0.717) is 0 Å². The molecule has 0 fully saturated rings. The van der Waals surface area contributed by atoms with Gasteiger partial charge < -0.3 is 19.6 Å². The van der Waals surface area contributed by atoms with Crippen molar-refractivity contribution >= 4 is 36.5 Å². The third-order valence-corrected chi connectivity index (χ3v) is 10.3. The smallest absolute Gasteiger partial charge is 0.407 e. The van der Waals surface area contributed by atoms with Crippen LogP contribution in [-0.2, 0) is 18.8 Å². The SMILES string of the molecule is COC(=O)N[C@H](CO[Si](c1ccccc1)(c1ccccc1)C(C)(C)C)CC(=O)CC(=O)O. The molecule has 1 amide bonds. The average molecular weight is 458 g/mol. The van der Waals surface area contributed by atoms with Gasteiger partial charge in [-0.2, -0.15) is 0 Å². The number of ketones is 1. The van der Waals surface area contributed by atoms with Crippen molar-refractivity contribution in [3.8, 4) is 0 Å². The summed E-state index contributed by atoms with van der Waals surface area (Å²) >= 11 is 0. The number of ether oxygens (including phenoxy) is 1. The average Bonchev–Trinajstić information content (AvgIpc) is 2.74. The quantitative estimate of drug-likeness (QED) is 0.420. The summed E-state index contributed by atoms with van der Waals surface area (Å²) in [4.78, 5) is 35.0. The normalized spacial score (nSPS) is 12.6. The van der Waals surface area contributed by atoms with Crippen molar-refractivity contribution in [3.05, 3.63) is 60.7 Å². The number of amides is 1. The predicted octanol–water partition coefficient (Wildman–Crippen LogP) is 2.72. The lowest BCUT2D eigenvalue weighted by Gasteiger charge is -2.43. The van der Waals surface area contributed by atoms with Crippen LogP contribution in [0.5, 0.6) is 0 Å². The van der Waals surface area contributed by atoms with Crippen molar-refractivity contribution in [2.75, 3.05) is 13.7 Å². The summed E-state index contributed by atoms with van der Waals surface area (Å²) in [7, 11) is -1.65. The topological polar surface area (TPSA) is 102 Å². The third kappa shape index (κ3) is 6.27. The molecule has 2 aromatic carbocycles. The molecule has 1 atom stereocenters. The minimum Gasteiger partial charge on any atom is -0.481 e. The van der Waals surface area contributed by atoms with E-state index < -0.39 is 38.6 Å². The van der Waals surface area contributed by atoms with Gasteiger partial charge in [0, 0.05) is 6.42 Å². The summed E-state index contributed by atoms with van der Waals surface area (Å²) in [6.07, 6.45) is -1.48. The van der Waals surface area contributed by atoms with Gasteiger partial charge in [0.15, 0.2) is 0 Å². The van der Waals surface area contributed by atoms with Crippen LogP contribution in [0.25, 0.3) is 0 Å². The number of Topliss-reactive ketones (excluding diaryl/α,β-unsaturated/α-hetero) is 1. The van der Waals surface area contributed by atoms with Gasteiger partial charge in [-0.25, -0.2) is 4.79 Å². The third-order valence-electron chi connectivity index (χ3n) is 5.25. The Morgan fingerprint density at radius 1 is 0.969 bits per heavy atom. The zero-order chi connectivity index (χ0) is 23.8. The van der Waals surface area contributed by atoms with Crippen LogP contribution >= 0.6 is 0 Å². The number of carboxylic acid groups (broad SMARTS) is 1. The molecule has 8 heteroatoms. The zero-order valence-electron chi connectivity index (χ0n) is 19.0. The van der Waals surface area contributed by atoms with Crippen molar-refractivity contribution in [2.45, 2.75) is 44.7 Å². The highest BCUT2D eigenvalue weighted by molar-refractivity contribution is 6.99. The number of benzene rings is 2. The number of rotatable bonds is 10. The van der Waals surface area contributed by atoms with Gasteiger partial charge >= 0.3 is 12.1 Å². The Morgan fingerprint density at radius 2 is 1.47 bits per heavy atom. The van der Waals surface area contributed by atoms with Crippen LogP contribution < -0.4 is 15.7 Å². The van der Waals surface area contributed by atoms with Gasteiger partial charge in [0.25, 0.3) is 8.32 Å². The number of methoxy groups -OCH3 is 1. The van der Waals surface area contributed by atoms with Crippen molar-refractivity contribution in [1.82, 2.24) is 5.32 Å². The highest BCUT2D eigenvalue weighted by atomic mass is 28.4. The fourth-order valence-corrected chi connectivity index (χ4v) is 8.49. The van der Waals surface area contributed by atoms with Crippen LogP contribution in [0.15, 0.2) is 60.7 Å². The summed E-state index contributed by atoms with van der Waals surface area (Å²) in [5, 5.41) is 13.4. The number of nitrogens with one attached hydrogen (secondary N) is 1.